The van der Waals surface area contributed by atoms with Crippen LogP contribution in [-0.2, 0) is 7.05 Å². The zero-order valence-corrected chi connectivity index (χ0v) is 16.9. The number of imidazole rings is 1. The van der Waals surface area contributed by atoms with Crippen molar-refractivity contribution in [1.29, 1.82) is 0 Å². The molecule has 0 unspecified atom stereocenters. The van der Waals surface area contributed by atoms with Crippen molar-refractivity contribution in [3.05, 3.63) is 85.0 Å². The summed E-state index contributed by atoms with van der Waals surface area (Å²) in [5, 5.41) is 4.22. The van der Waals surface area contributed by atoms with Crippen LogP contribution in [0.25, 0.3) is 39.0 Å². The summed E-state index contributed by atoms with van der Waals surface area (Å²) in [5.41, 5.74) is 5.38. The summed E-state index contributed by atoms with van der Waals surface area (Å²) >= 11 is 0. The highest BCUT2D eigenvalue weighted by molar-refractivity contribution is 5.83. The lowest BCUT2D eigenvalue weighted by Crippen LogP contribution is -1.96. The summed E-state index contributed by atoms with van der Waals surface area (Å²) < 4.78 is 36.9. The van der Waals surface area contributed by atoms with E-state index < -0.39 is 11.6 Å². The standard InChI is InChI=1S/C24H18F2N4O/c1-29-13-17(12-28-29)15-3-6-24-23(9-15)27-14-30(24)19-7-16(8-20(11-19)31-2)21-5-4-18(25)10-22(21)26/h3-14H,1-2H3. The van der Waals surface area contributed by atoms with Crippen molar-refractivity contribution in [3.63, 3.8) is 0 Å². The topological polar surface area (TPSA) is 44.9 Å². The van der Waals surface area contributed by atoms with Crippen molar-refractivity contribution in [2.45, 2.75) is 0 Å². The van der Waals surface area contributed by atoms with Crippen LogP contribution >= 0.6 is 0 Å². The number of fused-ring (bicyclic) bond motifs is 1. The Balaban J connectivity index is 1.62. The number of aryl methyl sites for hydroxylation is 1. The van der Waals surface area contributed by atoms with Crippen molar-refractivity contribution < 1.29 is 13.5 Å². The molecule has 0 saturated heterocycles. The van der Waals surface area contributed by atoms with Gasteiger partial charge in [0.2, 0.25) is 0 Å². The summed E-state index contributed by atoms with van der Waals surface area (Å²) in [4.78, 5) is 4.55. The molecule has 2 aromatic heterocycles. The first kappa shape index (κ1) is 19.0. The SMILES string of the molecule is COc1cc(-c2ccc(F)cc2F)cc(-n2cnc3cc(-c4cnn(C)c4)ccc32)c1. The Morgan fingerprint density at radius 2 is 1.77 bits per heavy atom. The number of ether oxygens (including phenoxy) is 1. The Morgan fingerprint density at radius 1 is 0.903 bits per heavy atom. The smallest absolute Gasteiger partial charge is 0.133 e. The fourth-order valence-corrected chi connectivity index (χ4v) is 3.69. The maximum absolute atomic E-state index is 14.4. The zero-order chi connectivity index (χ0) is 21.5. The van der Waals surface area contributed by atoms with Crippen LogP contribution < -0.4 is 4.74 Å². The molecule has 7 heteroatoms. The Morgan fingerprint density at radius 3 is 2.52 bits per heavy atom. The molecule has 31 heavy (non-hydrogen) atoms. The van der Waals surface area contributed by atoms with Gasteiger partial charge in [-0.3, -0.25) is 9.25 Å². The predicted molar refractivity (Wildman–Crippen MR) is 115 cm³/mol. The molecule has 154 valence electrons. The molecule has 0 N–H and O–H groups in total. The van der Waals surface area contributed by atoms with Crippen molar-refractivity contribution in [2.24, 2.45) is 7.05 Å². The fourth-order valence-electron chi connectivity index (χ4n) is 3.69. The minimum absolute atomic E-state index is 0.296. The average Bonchev–Trinajstić information content (AvgIpc) is 3.39. The summed E-state index contributed by atoms with van der Waals surface area (Å²) in [7, 11) is 3.43. The molecule has 2 heterocycles. The van der Waals surface area contributed by atoms with Gasteiger partial charge >= 0.3 is 0 Å². The monoisotopic (exact) mass is 416 g/mol. The maximum Gasteiger partial charge on any atom is 0.133 e. The average molecular weight is 416 g/mol. The quantitative estimate of drug-likeness (QED) is 0.395. The second-order valence-corrected chi connectivity index (χ2v) is 7.26. The van der Waals surface area contributed by atoms with Crippen LogP contribution in [0.15, 0.2) is 73.3 Å². The van der Waals surface area contributed by atoms with Gasteiger partial charge in [-0.15, -0.1) is 0 Å². The third-order valence-electron chi connectivity index (χ3n) is 5.23. The van der Waals surface area contributed by atoms with Crippen molar-refractivity contribution in [1.82, 2.24) is 19.3 Å². The Kier molecular flexibility index (Phi) is 4.51. The van der Waals surface area contributed by atoms with Crippen LogP contribution in [-0.4, -0.2) is 26.4 Å². The Hall–Kier alpha value is -4.00. The number of methoxy groups -OCH3 is 1. The minimum atomic E-state index is -0.629. The summed E-state index contributed by atoms with van der Waals surface area (Å²) in [6.07, 6.45) is 5.48. The predicted octanol–water partition coefficient (Wildman–Crippen LogP) is 5.38. The highest BCUT2D eigenvalue weighted by Gasteiger charge is 2.13. The van der Waals surface area contributed by atoms with Gasteiger partial charge in [-0.1, -0.05) is 6.07 Å². The molecule has 0 bridgehead atoms. The van der Waals surface area contributed by atoms with E-state index in [4.69, 9.17) is 4.74 Å². The molecule has 0 aliphatic heterocycles. The molecule has 5 rings (SSSR count). The van der Waals surface area contributed by atoms with E-state index in [9.17, 15) is 8.78 Å². The first-order valence-corrected chi connectivity index (χ1v) is 9.63. The van der Waals surface area contributed by atoms with E-state index in [0.29, 0.717) is 16.9 Å². The van der Waals surface area contributed by atoms with Gasteiger partial charge in [-0.25, -0.2) is 13.8 Å². The van der Waals surface area contributed by atoms with Crippen molar-refractivity contribution >= 4 is 11.0 Å². The number of hydrogen-bond acceptors (Lipinski definition) is 3. The van der Waals surface area contributed by atoms with Gasteiger partial charge in [0.1, 0.15) is 23.7 Å². The van der Waals surface area contributed by atoms with Crippen LogP contribution in [0.1, 0.15) is 0 Å². The zero-order valence-electron chi connectivity index (χ0n) is 16.9. The number of nitrogens with zero attached hydrogens (tertiary/aromatic N) is 4. The van der Waals surface area contributed by atoms with Gasteiger partial charge in [0.25, 0.3) is 0 Å². The number of halogens is 2. The number of hydrogen-bond donors (Lipinski definition) is 0. The molecule has 5 nitrogen and oxygen atoms in total. The van der Waals surface area contributed by atoms with Gasteiger partial charge in [-0.2, -0.15) is 5.10 Å². The van der Waals surface area contributed by atoms with E-state index >= 15 is 0 Å². The van der Waals surface area contributed by atoms with Gasteiger partial charge in [0, 0.05) is 36.5 Å². The molecule has 0 aliphatic rings. The van der Waals surface area contributed by atoms with E-state index in [1.165, 1.54) is 12.1 Å². The lowest BCUT2D eigenvalue weighted by atomic mass is 10.0. The van der Waals surface area contributed by atoms with Crippen molar-refractivity contribution in [3.8, 4) is 33.7 Å². The molecule has 0 amide bonds. The first-order valence-electron chi connectivity index (χ1n) is 9.63. The van der Waals surface area contributed by atoms with E-state index in [-0.39, 0.29) is 0 Å². The van der Waals surface area contributed by atoms with E-state index in [1.807, 2.05) is 54.3 Å². The third-order valence-corrected chi connectivity index (χ3v) is 5.23. The highest BCUT2D eigenvalue weighted by atomic mass is 19.1. The summed E-state index contributed by atoms with van der Waals surface area (Å²) in [6, 6.07) is 14.9. The molecular weight excluding hydrogens is 398 g/mol. The first-order chi connectivity index (χ1) is 15.0. The van der Waals surface area contributed by atoms with Crippen LogP contribution in [0.2, 0.25) is 0 Å². The van der Waals surface area contributed by atoms with E-state index in [2.05, 4.69) is 10.1 Å². The van der Waals surface area contributed by atoms with Crippen LogP contribution in [0, 0.1) is 11.6 Å². The molecular formula is C24H18F2N4O. The van der Waals surface area contributed by atoms with Crippen LogP contribution in [0.5, 0.6) is 5.75 Å². The van der Waals surface area contributed by atoms with E-state index in [0.717, 1.165) is 33.9 Å². The Bertz CT molecular complexity index is 1420. The lowest BCUT2D eigenvalue weighted by Gasteiger charge is -2.12. The van der Waals surface area contributed by atoms with E-state index in [1.54, 1.807) is 24.2 Å². The normalized spacial score (nSPS) is 11.2. The Labute approximate surface area is 177 Å². The molecule has 0 saturated carbocycles. The molecule has 0 aliphatic carbocycles. The third kappa shape index (κ3) is 3.44. The second-order valence-electron chi connectivity index (χ2n) is 7.26. The number of aromatic nitrogens is 4. The molecule has 0 spiro atoms. The van der Waals surface area contributed by atoms with Crippen LogP contribution in [0.4, 0.5) is 8.78 Å². The van der Waals surface area contributed by atoms with Gasteiger partial charge < -0.3 is 4.74 Å². The molecule has 0 atom stereocenters. The largest absolute Gasteiger partial charge is 0.497 e. The molecule has 5 aromatic rings. The highest BCUT2D eigenvalue weighted by Crippen LogP contribution is 2.32. The second kappa shape index (κ2) is 7.36. The fraction of sp³-hybridized carbons (Fsp3) is 0.0833. The lowest BCUT2D eigenvalue weighted by molar-refractivity contribution is 0.415. The molecule has 0 radical (unpaired) electrons. The summed E-state index contributed by atoms with van der Waals surface area (Å²) in [5.74, 6) is -0.685. The molecule has 3 aromatic carbocycles. The van der Waals surface area contributed by atoms with Gasteiger partial charge in [-0.05, 0) is 47.5 Å². The number of rotatable bonds is 4. The minimum Gasteiger partial charge on any atom is -0.497 e. The number of benzene rings is 3. The maximum atomic E-state index is 14.4. The molecule has 0 fully saturated rings. The van der Waals surface area contributed by atoms with Crippen molar-refractivity contribution in [2.75, 3.05) is 7.11 Å². The van der Waals surface area contributed by atoms with Crippen LogP contribution in [0.3, 0.4) is 0 Å². The summed E-state index contributed by atoms with van der Waals surface area (Å²) in [6.45, 7) is 0. The van der Waals surface area contributed by atoms with Gasteiger partial charge in [0.05, 0.1) is 30.0 Å². The van der Waals surface area contributed by atoms with Gasteiger partial charge in [0.15, 0.2) is 0 Å².